The van der Waals surface area contributed by atoms with Gasteiger partial charge < -0.3 is 9.30 Å². The average molecular weight is 281 g/mol. The summed E-state index contributed by atoms with van der Waals surface area (Å²) < 4.78 is 8.74. The van der Waals surface area contributed by atoms with Gasteiger partial charge in [-0.1, -0.05) is 15.9 Å². The van der Waals surface area contributed by atoms with Crippen LogP contribution < -0.4 is 4.74 Å². The summed E-state index contributed by atoms with van der Waals surface area (Å²) in [6.45, 7) is 2.52. The largest absolute Gasteiger partial charge is 0.487 e. The monoisotopic (exact) mass is 280 g/mol. The molecule has 1 aromatic heterocycles. The van der Waals surface area contributed by atoms with Gasteiger partial charge in [0.05, 0.1) is 11.9 Å². The fourth-order valence-electron chi connectivity index (χ4n) is 1.37. The molecular formula is C12H13BrN2O. The van der Waals surface area contributed by atoms with E-state index in [-0.39, 0.29) is 0 Å². The van der Waals surface area contributed by atoms with Crippen LogP contribution in [0.1, 0.15) is 11.5 Å². The number of hydrogen-bond acceptors (Lipinski definition) is 2. The number of nitrogens with zero attached hydrogens (tertiary/aromatic N) is 2. The number of halogens is 1. The Kier molecular flexibility index (Phi) is 3.29. The fourth-order valence-corrected chi connectivity index (χ4v) is 1.64. The summed E-state index contributed by atoms with van der Waals surface area (Å²) in [7, 11) is 1.99. The van der Waals surface area contributed by atoms with Crippen LogP contribution in [0.15, 0.2) is 34.9 Å². The van der Waals surface area contributed by atoms with E-state index in [0.717, 1.165) is 21.7 Å². The highest BCUT2D eigenvalue weighted by Crippen LogP contribution is 2.17. The van der Waals surface area contributed by atoms with Gasteiger partial charge in [0.25, 0.3) is 0 Å². The van der Waals surface area contributed by atoms with Crippen molar-refractivity contribution in [2.45, 2.75) is 13.5 Å². The normalized spacial score (nSPS) is 10.4. The van der Waals surface area contributed by atoms with Crippen LogP contribution in [0.3, 0.4) is 0 Å². The van der Waals surface area contributed by atoms with Crippen molar-refractivity contribution in [1.29, 1.82) is 0 Å². The third-order valence-corrected chi connectivity index (χ3v) is 3.05. The molecule has 84 valence electrons. The highest BCUT2D eigenvalue weighted by Gasteiger charge is 2.03. The zero-order valence-corrected chi connectivity index (χ0v) is 10.9. The summed E-state index contributed by atoms with van der Waals surface area (Å²) in [5.41, 5.74) is 1.07. The van der Waals surface area contributed by atoms with Gasteiger partial charge in [0.1, 0.15) is 18.2 Å². The van der Waals surface area contributed by atoms with Gasteiger partial charge in [-0.3, -0.25) is 0 Å². The number of hydrogen-bond donors (Lipinski definition) is 0. The average Bonchev–Trinajstić information content (AvgIpc) is 2.60. The second kappa shape index (κ2) is 4.70. The van der Waals surface area contributed by atoms with Crippen molar-refractivity contribution in [1.82, 2.24) is 9.55 Å². The van der Waals surface area contributed by atoms with Crippen LogP contribution in [0.4, 0.5) is 0 Å². The SMILES string of the molecule is Cc1ncc(COc2ccc(Br)cc2)n1C. The first-order valence-corrected chi connectivity index (χ1v) is 5.81. The second-order valence-corrected chi connectivity index (χ2v) is 4.51. The minimum atomic E-state index is 0.541. The molecule has 0 N–H and O–H groups in total. The molecule has 1 aromatic carbocycles. The predicted molar refractivity (Wildman–Crippen MR) is 66.4 cm³/mol. The second-order valence-electron chi connectivity index (χ2n) is 3.60. The van der Waals surface area contributed by atoms with Gasteiger partial charge in [0.15, 0.2) is 0 Å². The maximum absolute atomic E-state index is 5.66. The standard InChI is InChI=1S/C12H13BrN2O/c1-9-14-7-11(15(9)2)8-16-12-5-3-10(13)4-6-12/h3-7H,8H2,1-2H3. The zero-order chi connectivity index (χ0) is 11.5. The topological polar surface area (TPSA) is 27.1 Å². The van der Waals surface area contributed by atoms with E-state index >= 15 is 0 Å². The number of aromatic nitrogens is 2. The van der Waals surface area contributed by atoms with Crippen molar-refractivity contribution < 1.29 is 4.74 Å². The van der Waals surface area contributed by atoms with Crippen LogP contribution >= 0.6 is 15.9 Å². The van der Waals surface area contributed by atoms with E-state index in [2.05, 4.69) is 20.9 Å². The quantitative estimate of drug-likeness (QED) is 0.864. The molecule has 0 aliphatic heterocycles. The fraction of sp³-hybridized carbons (Fsp3) is 0.250. The van der Waals surface area contributed by atoms with Gasteiger partial charge >= 0.3 is 0 Å². The van der Waals surface area contributed by atoms with E-state index < -0.39 is 0 Å². The van der Waals surface area contributed by atoms with Crippen molar-refractivity contribution in [3.05, 3.63) is 46.5 Å². The Morgan fingerprint density at radius 3 is 2.56 bits per heavy atom. The minimum Gasteiger partial charge on any atom is -0.487 e. The highest BCUT2D eigenvalue weighted by molar-refractivity contribution is 9.10. The van der Waals surface area contributed by atoms with Gasteiger partial charge in [-0.25, -0.2) is 4.98 Å². The summed E-state index contributed by atoms with van der Waals surface area (Å²) in [6, 6.07) is 7.80. The smallest absolute Gasteiger partial charge is 0.130 e. The molecule has 0 aliphatic carbocycles. The van der Waals surface area contributed by atoms with Crippen LogP contribution in [0.5, 0.6) is 5.75 Å². The zero-order valence-electron chi connectivity index (χ0n) is 9.27. The Balaban J connectivity index is 2.02. The lowest BCUT2D eigenvalue weighted by Gasteiger charge is -2.07. The summed E-state index contributed by atoms with van der Waals surface area (Å²) in [4.78, 5) is 4.22. The Morgan fingerprint density at radius 1 is 1.31 bits per heavy atom. The molecule has 3 nitrogen and oxygen atoms in total. The van der Waals surface area contributed by atoms with Crippen molar-refractivity contribution in [3.8, 4) is 5.75 Å². The molecule has 0 amide bonds. The lowest BCUT2D eigenvalue weighted by atomic mass is 10.3. The van der Waals surface area contributed by atoms with Crippen LogP contribution in [-0.2, 0) is 13.7 Å². The summed E-state index contributed by atoms with van der Waals surface area (Å²) >= 11 is 3.39. The number of imidazole rings is 1. The van der Waals surface area contributed by atoms with E-state index in [1.165, 1.54) is 0 Å². The summed E-state index contributed by atoms with van der Waals surface area (Å²) in [5, 5.41) is 0. The molecule has 0 atom stereocenters. The maximum Gasteiger partial charge on any atom is 0.130 e. The van der Waals surface area contributed by atoms with Crippen LogP contribution in [0.2, 0.25) is 0 Å². The summed E-state index contributed by atoms with van der Waals surface area (Å²) in [5.74, 6) is 1.86. The molecule has 2 aromatic rings. The third-order valence-electron chi connectivity index (χ3n) is 2.52. The molecule has 4 heteroatoms. The van der Waals surface area contributed by atoms with Gasteiger partial charge in [-0.05, 0) is 31.2 Å². The van der Waals surface area contributed by atoms with Crippen LogP contribution in [0.25, 0.3) is 0 Å². The van der Waals surface area contributed by atoms with E-state index in [0.29, 0.717) is 6.61 Å². The molecule has 0 bridgehead atoms. The molecule has 0 saturated heterocycles. The van der Waals surface area contributed by atoms with Crippen molar-refractivity contribution >= 4 is 15.9 Å². The maximum atomic E-state index is 5.66. The summed E-state index contributed by atoms with van der Waals surface area (Å²) in [6.07, 6.45) is 1.84. The molecule has 16 heavy (non-hydrogen) atoms. The number of rotatable bonds is 3. The first-order valence-electron chi connectivity index (χ1n) is 5.02. The number of ether oxygens (including phenoxy) is 1. The predicted octanol–water partition coefficient (Wildman–Crippen LogP) is 3.07. The lowest BCUT2D eigenvalue weighted by Crippen LogP contribution is -2.02. The van der Waals surface area contributed by atoms with Crippen molar-refractivity contribution in [3.63, 3.8) is 0 Å². The van der Waals surface area contributed by atoms with Crippen LogP contribution in [-0.4, -0.2) is 9.55 Å². The number of aryl methyl sites for hydroxylation is 1. The van der Waals surface area contributed by atoms with E-state index in [9.17, 15) is 0 Å². The lowest BCUT2D eigenvalue weighted by molar-refractivity contribution is 0.296. The highest BCUT2D eigenvalue weighted by atomic mass is 79.9. The molecular weight excluding hydrogens is 268 g/mol. The Morgan fingerprint density at radius 2 is 2.00 bits per heavy atom. The Bertz CT molecular complexity index is 476. The minimum absolute atomic E-state index is 0.541. The molecule has 0 unspecified atom stereocenters. The molecule has 0 radical (unpaired) electrons. The Labute approximate surface area is 103 Å². The van der Waals surface area contributed by atoms with Crippen LogP contribution in [0, 0.1) is 6.92 Å². The number of benzene rings is 1. The first kappa shape index (κ1) is 11.2. The molecule has 0 aliphatic rings. The van der Waals surface area contributed by atoms with Gasteiger partial charge in [0, 0.05) is 11.5 Å². The molecule has 2 rings (SSSR count). The molecule has 0 saturated carbocycles. The molecule has 1 heterocycles. The third kappa shape index (κ3) is 2.44. The van der Waals surface area contributed by atoms with Crippen molar-refractivity contribution in [2.24, 2.45) is 7.05 Å². The van der Waals surface area contributed by atoms with Gasteiger partial charge in [0.2, 0.25) is 0 Å². The van der Waals surface area contributed by atoms with Crippen molar-refractivity contribution in [2.75, 3.05) is 0 Å². The van der Waals surface area contributed by atoms with E-state index in [4.69, 9.17) is 4.74 Å². The van der Waals surface area contributed by atoms with Gasteiger partial charge in [-0.2, -0.15) is 0 Å². The molecule has 0 fully saturated rings. The molecule has 0 spiro atoms. The first-order chi connectivity index (χ1) is 7.66. The van der Waals surface area contributed by atoms with E-state index in [1.807, 2.05) is 49.0 Å². The van der Waals surface area contributed by atoms with E-state index in [1.54, 1.807) is 0 Å². The Hall–Kier alpha value is -1.29. The van der Waals surface area contributed by atoms with Gasteiger partial charge in [-0.15, -0.1) is 0 Å².